The van der Waals surface area contributed by atoms with Gasteiger partial charge in [0.2, 0.25) is 0 Å². The molecule has 1 aromatic heterocycles. The van der Waals surface area contributed by atoms with Crippen LogP contribution in [0, 0.1) is 12.7 Å². The minimum atomic E-state index is -0.399. The third-order valence-electron chi connectivity index (χ3n) is 1.94. The van der Waals surface area contributed by atoms with E-state index in [9.17, 15) is 4.39 Å². The monoisotopic (exact) mass is 300 g/mol. The van der Waals surface area contributed by atoms with Gasteiger partial charge in [0.1, 0.15) is 10.4 Å². The summed E-state index contributed by atoms with van der Waals surface area (Å²) in [6.45, 7) is 1.84. The predicted octanol–water partition coefficient (Wildman–Crippen LogP) is 4.01. The van der Waals surface area contributed by atoms with Crippen molar-refractivity contribution < 1.29 is 4.39 Å². The molecule has 0 aliphatic heterocycles. The Labute approximate surface area is 106 Å². The molecular formula is C11H7BrClFN2. The molecule has 0 fully saturated rings. The van der Waals surface area contributed by atoms with Gasteiger partial charge in [-0.2, -0.15) is 0 Å². The largest absolute Gasteiger partial charge is 0.233 e. The highest BCUT2D eigenvalue weighted by atomic mass is 79.9. The van der Waals surface area contributed by atoms with E-state index in [1.807, 2.05) is 6.92 Å². The summed E-state index contributed by atoms with van der Waals surface area (Å²) in [4.78, 5) is 8.39. The van der Waals surface area contributed by atoms with E-state index in [1.165, 1.54) is 12.1 Å². The Morgan fingerprint density at radius 3 is 2.56 bits per heavy atom. The van der Waals surface area contributed by atoms with Crippen molar-refractivity contribution in [1.82, 2.24) is 9.97 Å². The molecule has 0 atom stereocenters. The van der Waals surface area contributed by atoms with Crippen molar-refractivity contribution in [1.29, 1.82) is 0 Å². The fraction of sp³-hybridized carbons (Fsp3) is 0.0909. The summed E-state index contributed by atoms with van der Waals surface area (Å²) in [5, 5.41) is 0.330. The molecule has 0 saturated carbocycles. The van der Waals surface area contributed by atoms with E-state index in [0.29, 0.717) is 21.0 Å². The molecule has 0 amide bonds. The lowest BCUT2D eigenvalue weighted by molar-refractivity contribution is 0.628. The van der Waals surface area contributed by atoms with Crippen LogP contribution in [0.4, 0.5) is 4.39 Å². The number of nitrogens with zero attached hydrogens (tertiary/aromatic N) is 2. The van der Waals surface area contributed by atoms with Crippen molar-refractivity contribution in [2.45, 2.75) is 6.92 Å². The van der Waals surface area contributed by atoms with E-state index in [1.54, 1.807) is 12.1 Å². The highest BCUT2D eigenvalue weighted by molar-refractivity contribution is 9.10. The van der Waals surface area contributed by atoms with Gasteiger partial charge >= 0.3 is 0 Å². The van der Waals surface area contributed by atoms with E-state index >= 15 is 0 Å². The summed E-state index contributed by atoms with van der Waals surface area (Å²) >= 11 is 9.04. The second-order valence-electron chi connectivity index (χ2n) is 3.31. The first-order chi connectivity index (χ1) is 7.54. The summed E-state index contributed by atoms with van der Waals surface area (Å²) in [5.74, 6) is 0.0528. The number of hydrogen-bond donors (Lipinski definition) is 0. The van der Waals surface area contributed by atoms with Crippen LogP contribution in [0.1, 0.15) is 5.69 Å². The summed E-state index contributed by atoms with van der Waals surface area (Å²) in [7, 11) is 0. The Kier molecular flexibility index (Phi) is 3.21. The molecule has 5 heteroatoms. The maximum absolute atomic E-state index is 13.2. The Bertz CT molecular complexity index is 456. The van der Waals surface area contributed by atoms with Crippen LogP contribution in [-0.2, 0) is 0 Å². The molecule has 16 heavy (non-hydrogen) atoms. The Morgan fingerprint density at radius 2 is 1.94 bits per heavy atom. The van der Waals surface area contributed by atoms with Crippen molar-refractivity contribution in [3.05, 3.63) is 45.4 Å². The average Bonchev–Trinajstić information content (AvgIpc) is 2.14. The standard InChI is InChI=1S/C11H7BrClFN2/c1-6-2-10(12)16-11(15-6)7-3-8(13)5-9(14)4-7/h2-5H,1H3. The van der Waals surface area contributed by atoms with Crippen LogP contribution in [0.5, 0.6) is 0 Å². The molecule has 1 aromatic carbocycles. The summed E-state index contributed by atoms with van der Waals surface area (Å²) in [5.41, 5.74) is 1.37. The first kappa shape index (κ1) is 11.5. The van der Waals surface area contributed by atoms with Gasteiger partial charge in [-0.15, -0.1) is 0 Å². The van der Waals surface area contributed by atoms with Crippen molar-refractivity contribution >= 4 is 27.5 Å². The second kappa shape index (κ2) is 4.47. The molecule has 2 aromatic rings. The average molecular weight is 302 g/mol. The SMILES string of the molecule is Cc1cc(Br)nc(-c2cc(F)cc(Cl)c2)n1. The van der Waals surface area contributed by atoms with E-state index < -0.39 is 5.82 Å². The second-order valence-corrected chi connectivity index (χ2v) is 4.56. The van der Waals surface area contributed by atoms with E-state index in [-0.39, 0.29) is 0 Å². The number of benzene rings is 1. The van der Waals surface area contributed by atoms with Gasteiger partial charge < -0.3 is 0 Å². The molecule has 82 valence electrons. The lowest BCUT2D eigenvalue weighted by Gasteiger charge is -2.03. The molecule has 0 radical (unpaired) electrons. The quantitative estimate of drug-likeness (QED) is 0.744. The van der Waals surface area contributed by atoms with Gasteiger partial charge in [0.25, 0.3) is 0 Å². The van der Waals surface area contributed by atoms with Gasteiger partial charge in [-0.3, -0.25) is 0 Å². The number of aryl methyl sites for hydroxylation is 1. The first-order valence-corrected chi connectivity index (χ1v) is 5.69. The normalized spacial score (nSPS) is 10.5. The highest BCUT2D eigenvalue weighted by Gasteiger charge is 2.06. The van der Waals surface area contributed by atoms with Gasteiger partial charge in [-0.25, -0.2) is 14.4 Å². The molecule has 0 bridgehead atoms. The van der Waals surface area contributed by atoms with Crippen LogP contribution in [0.15, 0.2) is 28.9 Å². The fourth-order valence-electron chi connectivity index (χ4n) is 1.34. The molecule has 0 unspecified atom stereocenters. The summed E-state index contributed by atoms with van der Waals surface area (Å²) < 4.78 is 13.8. The van der Waals surface area contributed by atoms with Crippen LogP contribution < -0.4 is 0 Å². The zero-order valence-corrected chi connectivity index (χ0v) is 10.7. The van der Waals surface area contributed by atoms with Gasteiger partial charge in [-0.1, -0.05) is 11.6 Å². The van der Waals surface area contributed by atoms with Crippen LogP contribution in [0.3, 0.4) is 0 Å². The minimum absolute atomic E-state index is 0.330. The molecule has 0 aliphatic rings. The lowest BCUT2D eigenvalue weighted by Crippen LogP contribution is -1.93. The molecule has 0 spiro atoms. The van der Waals surface area contributed by atoms with E-state index in [2.05, 4.69) is 25.9 Å². The predicted molar refractivity (Wildman–Crippen MR) is 64.9 cm³/mol. The van der Waals surface area contributed by atoms with E-state index in [0.717, 1.165) is 5.69 Å². The van der Waals surface area contributed by atoms with Crippen LogP contribution in [0.2, 0.25) is 5.02 Å². The molecule has 2 nitrogen and oxygen atoms in total. The highest BCUT2D eigenvalue weighted by Crippen LogP contribution is 2.23. The van der Waals surface area contributed by atoms with Gasteiger partial charge in [0.05, 0.1) is 0 Å². The summed E-state index contributed by atoms with van der Waals surface area (Å²) in [6, 6.07) is 6.01. The first-order valence-electron chi connectivity index (χ1n) is 4.52. The van der Waals surface area contributed by atoms with Gasteiger partial charge in [0.15, 0.2) is 5.82 Å². The zero-order valence-electron chi connectivity index (χ0n) is 8.34. The molecular weight excluding hydrogens is 294 g/mol. The van der Waals surface area contributed by atoms with Crippen molar-refractivity contribution in [3.63, 3.8) is 0 Å². The number of rotatable bonds is 1. The maximum atomic E-state index is 13.2. The number of hydrogen-bond acceptors (Lipinski definition) is 2. The minimum Gasteiger partial charge on any atom is -0.233 e. The van der Waals surface area contributed by atoms with Crippen molar-refractivity contribution in [2.75, 3.05) is 0 Å². The molecule has 0 N–H and O–H groups in total. The van der Waals surface area contributed by atoms with Gasteiger partial charge in [0, 0.05) is 16.3 Å². The number of halogens is 3. The topological polar surface area (TPSA) is 25.8 Å². The molecule has 0 saturated heterocycles. The number of aromatic nitrogens is 2. The Morgan fingerprint density at radius 1 is 1.19 bits per heavy atom. The van der Waals surface area contributed by atoms with E-state index in [4.69, 9.17) is 11.6 Å². The third kappa shape index (κ3) is 2.57. The Balaban J connectivity index is 2.57. The van der Waals surface area contributed by atoms with Crippen LogP contribution in [-0.4, -0.2) is 9.97 Å². The molecule has 2 rings (SSSR count). The molecule has 0 aliphatic carbocycles. The Hall–Kier alpha value is -1.00. The van der Waals surface area contributed by atoms with Gasteiger partial charge in [-0.05, 0) is 47.1 Å². The van der Waals surface area contributed by atoms with Crippen molar-refractivity contribution in [2.24, 2.45) is 0 Å². The lowest BCUT2D eigenvalue weighted by atomic mass is 10.2. The third-order valence-corrected chi connectivity index (χ3v) is 2.57. The smallest absolute Gasteiger partial charge is 0.160 e. The zero-order chi connectivity index (χ0) is 11.7. The molecule has 1 heterocycles. The van der Waals surface area contributed by atoms with Crippen LogP contribution in [0.25, 0.3) is 11.4 Å². The maximum Gasteiger partial charge on any atom is 0.160 e. The fourth-order valence-corrected chi connectivity index (χ4v) is 2.06. The summed E-state index contributed by atoms with van der Waals surface area (Å²) in [6.07, 6.45) is 0. The van der Waals surface area contributed by atoms with Crippen molar-refractivity contribution in [3.8, 4) is 11.4 Å². The van der Waals surface area contributed by atoms with Crippen LogP contribution >= 0.6 is 27.5 Å².